The second kappa shape index (κ2) is 13.2. The molecule has 48 heavy (non-hydrogen) atoms. The van der Waals surface area contributed by atoms with Crippen LogP contribution in [0.25, 0.3) is 11.3 Å². The van der Waals surface area contributed by atoms with Crippen molar-refractivity contribution in [1.82, 2.24) is 14.8 Å². The van der Waals surface area contributed by atoms with Gasteiger partial charge in [-0.2, -0.15) is 0 Å². The summed E-state index contributed by atoms with van der Waals surface area (Å²) >= 11 is 0. The van der Waals surface area contributed by atoms with Crippen LogP contribution in [-0.2, 0) is 51.2 Å². The normalized spacial score (nSPS) is 18.7. The molecule has 0 radical (unpaired) electrons. The maximum atomic E-state index is 13.1. The molecule has 0 saturated carbocycles. The predicted molar refractivity (Wildman–Crippen MR) is 165 cm³/mol. The average molecular weight is 658 g/mol. The lowest BCUT2D eigenvalue weighted by atomic mass is 10.1. The lowest BCUT2D eigenvalue weighted by Crippen LogP contribution is -2.80. The summed E-state index contributed by atoms with van der Waals surface area (Å²) in [5.41, 5.74) is 2.53. The van der Waals surface area contributed by atoms with Crippen molar-refractivity contribution in [2.75, 3.05) is 34.4 Å². The Morgan fingerprint density at radius 2 is 1.12 bits per heavy atom. The van der Waals surface area contributed by atoms with E-state index in [0.717, 1.165) is 29.9 Å². The molecule has 3 aliphatic heterocycles. The Bertz CT molecular complexity index is 1740. The van der Waals surface area contributed by atoms with Gasteiger partial charge in [-0.05, 0) is 35.4 Å². The number of pyridine rings is 1. The number of hydrogen-bond donors (Lipinski definition) is 0. The molecular formula is C34H31N3O11. The Morgan fingerprint density at radius 1 is 0.646 bits per heavy atom. The maximum absolute atomic E-state index is 13.1. The molecule has 1 saturated heterocycles. The molecule has 0 N–H and O–H groups in total. The van der Waals surface area contributed by atoms with Crippen LogP contribution in [0, 0.1) is 0 Å². The highest BCUT2D eigenvalue weighted by molar-refractivity contribution is 5.95. The van der Waals surface area contributed by atoms with Crippen molar-refractivity contribution in [3.8, 4) is 28.5 Å². The molecule has 6 rings (SSSR count). The number of hydrogen-bond acceptors (Lipinski definition) is 14. The SMILES string of the molecule is COc1cc(-c2cc(CN3CCN(Cc4ccccc4)C4(OC(=O)C=CC(=O)O4)C34OC(=O)C=CC(=O)O4)ccn2)cc(OC)c1OC. The second-order valence-electron chi connectivity index (χ2n) is 10.8. The standard InChI is InChI=1S/C34H31N3O11/c1-42-26-18-24(19-27(43-2)32(26)44-3)25-17-23(13-14-35-25)21-37-16-15-36(20-22-7-5-4-6-8-22)33(45-28(38)9-10-29(39)46-33)34(37)47-30(40)11-12-31(41)48-34/h4-14,17-19H,15-16,20-21H2,1-3H3. The molecule has 4 heterocycles. The number of ether oxygens (including phenoxy) is 7. The molecule has 0 atom stereocenters. The summed E-state index contributed by atoms with van der Waals surface area (Å²) in [5.74, 6) is -7.87. The minimum absolute atomic E-state index is 0.0516. The number of nitrogens with zero attached hydrogens (tertiary/aromatic N) is 3. The summed E-state index contributed by atoms with van der Waals surface area (Å²) in [4.78, 5) is 59.9. The Hall–Kier alpha value is -5.73. The van der Waals surface area contributed by atoms with E-state index in [9.17, 15) is 19.2 Å². The third kappa shape index (κ3) is 5.94. The number of methoxy groups -OCH3 is 3. The Morgan fingerprint density at radius 3 is 1.58 bits per heavy atom. The van der Waals surface area contributed by atoms with Gasteiger partial charge < -0.3 is 33.2 Å². The minimum atomic E-state index is -2.59. The lowest BCUT2D eigenvalue weighted by molar-refractivity contribution is -0.465. The zero-order chi connectivity index (χ0) is 33.9. The lowest BCUT2D eigenvalue weighted by Gasteiger charge is -2.55. The molecule has 2 spiro atoms. The average Bonchev–Trinajstić information content (AvgIpc) is 3.35. The summed E-state index contributed by atoms with van der Waals surface area (Å²) in [6, 6.07) is 16.0. The van der Waals surface area contributed by atoms with Crippen molar-refractivity contribution >= 4 is 23.9 Å². The van der Waals surface area contributed by atoms with Gasteiger partial charge in [0.05, 0.1) is 27.0 Å². The number of carbonyl (C=O) groups excluding carboxylic acids is 4. The number of rotatable bonds is 8. The van der Waals surface area contributed by atoms with Gasteiger partial charge in [0.2, 0.25) is 5.75 Å². The molecule has 0 aliphatic carbocycles. The first-order chi connectivity index (χ1) is 23.2. The van der Waals surface area contributed by atoms with Crippen molar-refractivity contribution in [2.45, 2.75) is 24.9 Å². The Labute approximate surface area is 275 Å². The number of esters is 4. The highest BCUT2D eigenvalue weighted by Crippen LogP contribution is 2.46. The summed E-state index contributed by atoms with van der Waals surface area (Å²) < 4.78 is 39.9. The fourth-order valence-electron chi connectivity index (χ4n) is 5.80. The van der Waals surface area contributed by atoms with Crippen molar-refractivity contribution in [1.29, 1.82) is 0 Å². The predicted octanol–water partition coefficient (Wildman–Crippen LogP) is 2.71. The van der Waals surface area contributed by atoms with Gasteiger partial charge >= 0.3 is 35.7 Å². The first-order valence-corrected chi connectivity index (χ1v) is 14.8. The fourth-order valence-corrected chi connectivity index (χ4v) is 5.80. The Balaban J connectivity index is 1.46. The first-order valence-electron chi connectivity index (χ1n) is 14.8. The van der Waals surface area contributed by atoms with E-state index in [1.807, 2.05) is 30.3 Å². The summed E-state index contributed by atoms with van der Waals surface area (Å²) in [6.45, 7) is 0.216. The summed E-state index contributed by atoms with van der Waals surface area (Å²) in [6.07, 6.45) is 5.11. The third-order valence-corrected chi connectivity index (χ3v) is 7.91. The molecule has 2 aromatic carbocycles. The molecule has 248 valence electrons. The van der Waals surface area contributed by atoms with Crippen molar-refractivity contribution in [3.05, 3.63) is 96.2 Å². The molecule has 14 nitrogen and oxygen atoms in total. The van der Waals surface area contributed by atoms with Crippen molar-refractivity contribution in [3.63, 3.8) is 0 Å². The fraction of sp³-hybridized carbons (Fsp3) is 0.265. The van der Waals surface area contributed by atoms with Gasteiger partial charge in [0.15, 0.2) is 11.5 Å². The molecule has 3 aliphatic rings. The molecule has 1 fully saturated rings. The van der Waals surface area contributed by atoms with E-state index in [-0.39, 0.29) is 26.2 Å². The molecular weight excluding hydrogens is 626 g/mol. The third-order valence-electron chi connectivity index (χ3n) is 7.91. The molecule has 3 aromatic rings. The van der Waals surface area contributed by atoms with E-state index in [4.69, 9.17) is 33.2 Å². The molecule has 14 heteroatoms. The van der Waals surface area contributed by atoms with Gasteiger partial charge in [0.1, 0.15) is 0 Å². The first kappa shape index (κ1) is 32.2. The molecule has 1 aromatic heterocycles. The van der Waals surface area contributed by atoms with Gasteiger partial charge in [-0.1, -0.05) is 30.3 Å². The second-order valence-corrected chi connectivity index (χ2v) is 10.8. The van der Waals surface area contributed by atoms with Crippen molar-refractivity contribution in [2.24, 2.45) is 0 Å². The van der Waals surface area contributed by atoms with Gasteiger partial charge in [0.25, 0.3) is 0 Å². The van der Waals surface area contributed by atoms with E-state index < -0.39 is 35.7 Å². The van der Waals surface area contributed by atoms with Crippen LogP contribution in [0.5, 0.6) is 17.2 Å². The van der Waals surface area contributed by atoms with Gasteiger partial charge in [-0.3, -0.25) is 4.98 Å². The van der Waals surface area contributed by atoms with Crippen LogP contribution in [0.4, 0.5) is 0 Å². The van der Waals surface area contributed by atoms with Crippen LogP contribution < -0.4 is 14.2 Å². The van der Waals surface area contributed by atoms with E-state index in [1.165, 1.54) is 31.1 Å². The number of piperazine rings is 1. The maximum Gasteiger partial charge on any atom is 0.420 e. The monoisotopic (exact) mass is 657 g/mol. The summed E-state index contributed by atoms with van der Waals surface area (Å²) in [7, 11) is 4.51. The smallest absolute Gasteiger partial charge is 0.420 e. The van der Waals surface area contributed by atoms with Crippen LogP contribution in [-0.4, -0.2) is 84.9 Å². The highest BCUT2D eigenvalue weighted by Gasteiger charge is 2.74. The van der Waals surface area contributed by atoms with E-state index >= 15 is 0 Å². The van der Waals surface area contributed by atoms with Gasteiger partial charge in [0, 0.05) is 62.2 Å². The van der Waals surface area contributed by atoms with Crippen molar-refractivity contribution < 1.29 is 52.3 Å². The number of benzene rings is 2. The number of carbonyl (C=O) groups is 4. The molecule has 0 bridgehead atoms. The van der Waals surface area contributed by atoms with Gasteiger partial charge in [-0.25, -0.2) is 29.0 Å². The minimum Gasteiger partial charge on any atom is -0.493 e. The number of aromatic nitrogens is 1. The van der Waals surface area contributed by atoms with Crippen LogP contribution in [0.2, 0.25) is 0 Å². The molecule has 0 amide bonds. The zero-order valence-corrected chi connectivity index (χ0v) is 26.2. The van der Waals surface area contributed by atoms with E-state index in [2.05, 4.69) is 4.98 Å². The van der Waals surface area contributed by atoms with Gasteiger partial charge in [-0.15, -0.1) is 0 Å². The van der Waals surface area contributed by atoms with E-state index in [1.54, 1.807) is 30.5 Å². The topological polar surface area (TPSA) is 152 Å². The van der Waals surface area contributed by atoms with E-state index in [0.29, 0.717) is 34.1 Å². The number of fused-ring (bicyclic) bond motifs is 1. The zero-order valence-electron chi connectivity index (χ0n) is 26.2. The summed E-state index contributed by atoms with van der Waals surface area (Å²) in [5, 5.41) is 0. The van der Waals surface area contributed by atoms with Crippen LogP contribution in [0.1, 0.15) is 11.1 Å². The van der Waals surface area contributed by atoms with Crippen LogP contribution >= 0.6 is 0 Å². The largest absolute Gasteiger partial charge is 0.493 e. The van der Waals surface area contributed by atoms with Crippen LogP contribution in [0.3, 0.4) is 0 Å². The highest BCUT2D eigenvalue weighted by atomic mass is 16.8. The molecule has 0 unspecified atom stereocenters. The Kier molecular flexibility index (Phi) is 8.84. The quantitative estimate of drug-likeness (QED) is 0.326. The van der Waals surface area contributed by atoms with Crippen LogP contribution in [0.15, 0.2) is 85.1 Å².